The number of hydrogen-bond donors (Lipinski definition) is 1. The van der Waals surface area contributed by atoms with Crippen LogP contribution in [0.25, 0.3) is 0 Å². The first-order valence-electron chi connectivity index (χ1n) is 6.85. The molecule has 2 aromatic heterocycles. The van der Waals surface area contributed by atoms with Gasteiger partial charge in [-0.2, -0.15) is 0 Å². The average Bonchev–Trinajstić information content (AvgIpc) is 2.44. The van der Waals surface area contributed by atoms with E-state index in [0.717, 1.165) is 11.3 Å². The Morgan fingerprint density at radius 1 is 1.38 bits per heavy atom. The summed E-state index contributed by atoms with van der Waals surface area (Å²) in [6, 6.07) is 6.79. The van der Waals surface area contributed by atoms with E-state index in [1.165, 1.54) is 22.9 Å². The molecule has 5 heteroatoms. The number of nitrogens with one attached hydrogen (secondary N) is 1. The summed E-state index contributed by atoms with van der Waals surface area (Å²) in [5.41, 5.74) is 2.43. The highest BCUT2D eigenvalue weighted by atomic mass is 16.2. The molecule has 110 valence electrons. The Balaban J connectivity index is 2.03. The molecule has 2 aromatic rings. The molecule has 0 bridgehead atoms. The van der Waals surface area contributed by atoms with Crippen molar-refractivity contribution in [1.82, 2.24) is 14.9 Å². The van der Waals surface area contributed by atoms with E-state index in [9.17, 15) is 9.59 Å². The summed E-state index contributed by atoms with van der Waals surface area (Å²) in [5.74, 6) is -0.188. The lowest BCUT2D eigenvalue weighted by atomic mass is 10.1. The predicted octanol–water partition coefficient (Wildman–Crippen LogP) is 1.45. The van der Waals surface area contributed by atoms with Crippen LogP contribution in [-0.2, 0) is 13.5 Å². The molecule has 0 fully saturated rings. The lowest BCUT2D eigenvalue weighted by molar-refractivity contribution is 0.0939. The zero-order valence-corrected chi connectivity index (χ0v) is 12.5. The number of rotatable bonds is 4. The highest BCUT2D eigenvalue weighted by Gasteiger charge is 2.12. The molecule has 2 heterocycles. The minimum absolute atomic E-state index is 0.0386. The maximum absolute atomic E-state index is 12.1. The van der Waals surface area contributed by atoms with Gasteiger partial charge in [0.05, 0.1) is 5.56 Å². The lowest BCUT2D eigenvalue weighted by Crippen LogP contribution is -2.35. The third-order valence-corrected chi connectivity index (χ3v) is 3.34. The summed E-state index contributed by atoms with van der Waals surface area (Å²) in [4.78, 5) is 27.8. The molecule has 0 saturated carbocycles. The summed E-state index contributed by atoms with van der Waals surface area (Å²) >= 11 is 0. The van der Waals surface area contributed by atoms with Crippen molar-refractivity contribution in [1.29, 1.82) is 0 Å². The molecule has 1 N–H and O–H groups in total. The van der Waals surface area contributed by atoms with Crippen LogP contribution in [-0.4, -0.2) is 21.5 Å². The molecule has 1 atom stereocenters. The third-order valence-electron chi connectivity index (χ3n) is 3.34. The Morgan fingerprint density at radius 2 is 2.14 bits per heavy atom. The van der Waals surface area contributed by atoms with Gasteiger partial charge in [-0.15, -0.1) is 0 Å². The second-order valence-corrected chi connectivity index (χ2v) is 5.21. The minimum atomic E-state index is -0.188. The van der Waals surface area contributed by atoms with Crippen LogP contribution in [0.15, 0.2) is 41.5 Å². The first-order valence-corrected chi connectivity index (χ1v) is 6.85. The lowest BCUT2D eigenvalue weighted by Gasteiger charge is -2.15. The topological polar surface area (TPSA) is 64.0 Å². The number of carbonyl (C=O) groups excluding carboxylic acids is 1. The monoisotopic (exact) mass is 285 g/mol. The molecule has 0 saturated heterocycles. The molecule has 2 rings (SSSR count). The average molecular weight is 285 g/mol. The van der Waals surface area contributed by atoms with Crippen LogP contribution in [0.4, 0.5) is 0 Å². The highest BCUT2D eigenvalue weighted by Crippen LogP contribution is 2.07. The molecule has 21 heavy (non-hydrogen) atoms. The van der Waals surface area contributed by atoms with E-state index in [4.69, 9.17) is 0 Å². The van der Waals surface area contributed by atoms with Crippen LogP contribution in [0.5, 0.6) is 0 Å². The van der Waals surface area contributed by atoms with E-state index >= 15 is 0 Å². The van der Waals surface area contributed by atoms with Gasteiger partial charge in [-0.05, 0) is 31.5 Å². The molecule has 0 aliphatic heterocycles. The van der Waals surface area contributed by atoms with Gasteiger partial charge in [0, 0.05) is 43.7 Å². The molecular formula is C16H19N3O2. The third kappa shape index (κ3) is 3.78. The fourth-order valence-electron chi connectivity index (χ4n) is 2.11. The van der Waals surface area contributed by atoms with E-state index in [-0.39, 0.29) is 17.5 Å². The SMILES string of the molecule is Cc1cccnc1C[C@@H](C)NC(=O)c1ccc(=O)n(C)c1. The van der Waals surface area contributed by atoms with Crippen LogP contribution >= 0.6 is 0 Å². The molecule has 0 unspecified atom stereocenters. The Morgan fingerprint density at radius 3 is 2.81 bits per heavy atom. The van der Waals surface area contributed by atoms with Crippen LogP contribution in [0, 0.1) is 6.92 Å². The molecule has 0 aliphatic carbocycles. The zero-order valence-electron chi connectivity index (χ0n) is 12.5. The summed E-state index contributed by atoms with van der Waals surface area (Å²) in [7, 11) is 1.62. The number of hydrogen-bond acceptors (Lipinski definition) is 3. The van der Waals surface area contributed by atoms with Gasteiger partial charge in [-0.3, -0.25) is 14.6 Å². The maximum atomic E-state index is 12.1. The molecular weight excluding hydrogens is 266 g/mol. The van der Waals surface area contributed by atoms with Gasteiger partial charge in [0.1, 0.15) is 0 Å². The Hall–Kier alpha value is -2.43. The molecule has 1 amide bonds. The minimum Gasteiger partial charge on any atom is -0.349 e. The van der Waals surface area contributed by atoms with Crippen LogP contribution in [0.3, 0.4) is 0 Å². The summed E-state index contributed by atoms with van der Waals surface area (Å²) in [5, 5.41) is 2.92. The molecule has 0 aliphatic rings. The van der Waals surface area contributed by atoms with Crippen molar-refractivity contribution in [2.75, 3.05) is 0 Å². The Kier molecular flexibility index (Phi) is 4.52. The summed E-state index contributed by atoms with van der Waals surface area (Å²) in [6.45, 7) is 3.94. The Labute approximate surface area is 123 Å². The number of nitrogens with zero attached hydrogens (tertiary/aromatic N) is 2. The fourth-order valence-corrected chi connectivity index (χ4v) is 2.11. The van der Waals surface area contributed by atoms with Gasteiger partial charge >= 0.3 is 0 Å². The molecule has 0 aromatic carbocycles. The first kappa shape index (κ1) is 15.0. The van der Waals surface area contributed by atoms with Crippen LogP contribution in [0.2, 0.25) is 0 Å². The quantitative estimate of drug-likeness (QED) is 0.924. The van der Waals surface area contributed by atoms with Crippen molar-refractivity contribution < 1.29 is 4.79 Å². The van der Waals surface area contributed by atoms with Crippen LogP contribution < -0.4 is 10.9 Å². The summed E-state index contributed by atoms with van der Waals surface area (Å²) < 4.78 is 1.39. The van der Waals surface area contributed by atoms with Gasteiger partial charge in [0.15, 0.2) is 0 Å². The number of carbonyl (C=O) groups is 1. The van der Waals surface area contributed by atoms with Crippen molar-refractivity contribution in [3.05, 3.63) is 63.8 Å². The van der Waals surface area contributed by atoms with Gasteiger partial charge < -0.3 is 9.88 Å². The summed E-state index contributed by atoms with van der Waals surface area (Å²) in [6.07, 6.45) is 3.96. The van der Waals surface area contributed by atoms with Gasteiger partial charge in [-0.25, -0.2) is 0 Å². The number of aryl methyl sites for hydroxylation is 2. The van der Waals surface area contributed by atoms with Crippen molar-refractivity contribution in [2.24, 2.45) is 7.05 Å². The van der Waals surface area contributed by atoms with Crippen molar-refractivity contribution >= 4 is 5.91 Å². The standard InChI is InChI=1S/C16H19N3O2/c1-11-5-4-8-17-14(11)9-12(2)18-16(21)13-6-7-15(20)19(3)10-13/h4-8,10,12H,9H2,1-3H3,(H,18,21)/t12-/m1/s1. The van der Waals surface area contributed by atoms with Crippen molar-refractivity contribution in [3.63, 3.8) is 0 Å². The second-order valence-electron chi connectivity index (χ2n) is 5.21. The van der Waals surface area contributed by atoms with E-state index in [1.807, 2.05) is 26.0 Å². The van der Waals surface area contributed by atoms with E-state index in [2.05, 4.69) is 10.3 Å². The van der Waals surface area contributed by atoms with Crippen LogP contribution in [0.1, 0.15) is 28.5 Å². The van der Waals surface area contributed by atoms with E-state index < -0.39 is 0 Å². The molecule has 0 radical (unpaired) electrons. The Bertz CT molecular complexity index is 707. The number of aromatic nitrogens is 2. The number of pyridine rings is 2. The fraction of sp³-hybridized carbons (Fsp3) is 0.312. The second kappa shape index (κ2) is 6.35. The van der Waals surface area contributed by atoms with Crippen molar-refractivity contribution in [2.45, 2.75) is 26.3 Å². The van der Waals surface area contributed by atoms with Gasteiger partial charge in [-0.1, -0.05) is 6.07 Å². The zero-order chi connectivity index (χ0) is 15.4. The smallest absolute Gasteiger partial charge is 0.252 e. The molecule has 5 nitrogen and oxygen atoms in total. The number of amides is 1. The highest BCUT2D eigenvalue weighted by molar-refractivity contribution is 5.94. The predicted molar refractivity (Wildman–Crippen MR) is 81.3 cm³/mol. The van der Waals surface area contributed by atoms with Gasteiger partial charge in [0.25, 0.3) is 5.91 Å². The molecule has 0 spiro atoms. The first-order chi connectivity index (χ1) is 9.97. The largest absolute Gasteiger partial charge is 0.349 e. The van der Waals surface area contributed by atoms with Gasteiger partial charge in [0.2, 0.25) is 5.56 Å². The van der Waals surface area contributed by atoms with E-state index in [0.29, 0.717) is 12.0 Å². The van der Waals surface area contributed by atoms with E-state index in [1.54, 1.807) is 13.2 Å². The van der Waals surface area contributed by atoms with Crippen molar-refractivity contribution in [3.8, 4) is 0 Å². The normalized spacial score (nSPS) is 12.0. The maximum Gasteiger partial charge on any atom is 0.252 e.